The number of carbonyl (C=O) groups is 2. The van der Waals surface area contributed by atoms with Crippen LogP contribution in [0.2, 0.25) is 0 Å². The summed E-state index contributed by atoms with van der Waals surface area (Å²) in [6.45, 7) is 2.52. The number of amides is 2. The van der Waals surface area contributed by atoms with Gasteiger partial charge in [-0.15, -0.1) is 0 Å². The minimum atomic E-state index is -0.332. The number of hydrogen-bond acceptors (Lipinski definition) is 3. The van der Waals surface area contributed by atoms with Crippen molar-refractivity contribution >= 4 is 28.9 Å². The summed E-state index contributed by atoms with van der Waals surface area (Å²) in [7, 11) is 3.94. The Kier molecular flexibility index (Phi) is 5.26. The number of rotatable bonds is 5. The highest BCUT2D eigenvalue weighted by Gasteiger charge is 2.35. The molecule has 1 aliphatic heterocycles. The molecular formula is C21H25N3O2. The molecule has 1 aliphatic rings. The molecule has 0 radical (unpaired) electrons. The Morgan fingerprint density at radius 3 is 2.35 bits per heavy atom. The summed E-state index contributed by atoms with van der Waals surface area (Å²) in [6.07, 6.45) is 1.21. The van der Waals surface area contributed by atoms with Gasteiger partial charge < -0.3 is 15.1 Å². The van der Waals surface area contributed by atoms with Crippen LogP contribution in [-0.4, -0.2) is 32.5 Å². The molecule has 1 fully saturated rings. The second kappa shape index (κ2) is 7.60. The number of nitrogens with one attached hydrogen (secondary N) is 1. The lowest BCUT2D eigenvalue weighted by Crippen LogP contribution is -2.28. The molecule has 5 nitrogen and oxygen atoms in total. The molecule has 0 spiro atoms. The average molecular weight is 351 g/mol. The van der Waals surface area contributed by atoms with E-state index in [2.05, 4.69) is 12.2 Å². The number of benzene rings is 2. The van der Waals surface area contributed by atoms with Crippen LogP contribution in [0.5, 0.6) is 0 Å². The number of aryl methyl sites for hydroxylation is 1. The second-order valence-corrected chi connectivity index (χ2v) is 6.86. The maximum Gasteiger partial charge on any atom is 0.229 e. The fourth-order valence-corrected chi connectivity index (χ4v) is 3.13. The van der Waals surface area contributed by atoms with Crippen molar-refractivity contribution in [1.29, 1.82) is 0 Å². The summed E-state index contributed by atoms with van der Waals surface area (Å²) in [5, 5.41) is 2.92. The lowest BCUT2D eigenvalue weighted by Gasteiger charge is -2.17. The minimum absolute atomic E-state index is 0.00245. The molecule has 136 valence electrons. The molecule has 1 unspecified atom stereocenters. The molecule has 2 aromatic carbocycles. The van der Waals surface area contributed by atoms with Crippen molar-refractivity contribution in [2.24, 2.45) is 5.92 Å². The van der Waals surface area contributed by atoms with E-state index in [0.29, 0.717) is 6.54 Å². The van der Waals surface area contributed by atoms with Crippen LogP contribution in [0.25, 0.3) is 0 Å². The summed E-state index contributed by atoms with van der Waals surface area (Å²) >= 11 is 0. The summed E-state index contributed by atoms with van der Waals surface area (Å²) in [5.41, 5.74) is 3.91. The van der Waals surface area contributed by atoms with Crippen LogP contribution in [0.4, 0.5) is 17.1 Å². The molecule has 2 aromatic rings. The third kappa shape index (κ3) is 3.87. The molecule has 1 heterocycles. The Morgan fingerprint density at radius 1 is 1.12 bits per heavy atom. The molecule has 0 aromatic heterocycles. The van der Waals surface area contributed by atoms with Gasteiger partial charge in [-0.1, -0.05) is 19.1 Å². The maximum atomic E-state index is 12.6. The lowest BCUT2D eigenvalue weighted by molar-refractivity contribution is -0.122. The summed E-state index contributed by atoms with van der Waals surface area (Å²) in [4.78, 5) is 28.6. The van der Waals surface area contributed by atoms with Crippen molar-refractivity contribution in [2.45, 2.75) is 19.8 Å². The van der Waals surface area contributed by atoms with E-state index in [1.807, 2.05) is 67.5 Å². The second-order valence-electron chi connectivity index (χ2n) is 6.86. The third-order valence-corrected chi connectivity index (χ3v) is 4.80. The topological polar surface area (TPSA) is 52.7 Å². The van der Waals surface area contributed by atoms with Gasteiger partial charge >= 0.3 is 0 Å². The Balaban J connectivity index is 1.64. The maximum absolute atomic E-state index is 12.6. The first-order chi connectivity index (χ1) is 12.5. The predicted molar refractivity (Wildman–Crippen MR) is 106 cm³/mol. The smallest absolute Gasteiger partial charge is 0.229 e. The van der Waals surface area contributed by atoms with E-state index in [-0.39, 0.29) is 24.2 Å². The number of hydrogen-bond donors (Lipinski definition) is 1. The zero-order valence-electron chi connectivity index (χ0n) is 15.5. The highest BCUT2D eigenvalue weighted by molar-refractivity contribution is 6.03. The van der Waals surface area contributed by atoms with Gasteiger partial charge in [0.2, 0.25) is 11.8 Å². The van der Waals surface area contributed by atoms with Gasteiger partial charge in [-0.2, -0.15) is 0 Å². The van der Waals surface area contributed by atoms with Crippen molar-refractivity contribution in [3.8, 4) is 0 Å². The summed E-state index contributed by atoms with van der Waals surface area (Å²) < 4.78 is 0. The Hall–Kier alpha value is -2.82. The van der Waals surface area contributed by atoms with E-state index in [0.717, 1.165) is 23.5 Å². The standard InChI is InChI=1S/C21H25N3O2/c1-4-15-5-9-19(10-6-15)24-14-16(13-20(24)25)21(26)22-17-7-11-18(12-8-17)23(2)3/h5-12,16H,4,13-14H2,1-3H3,(H,22,26). The van der Waals surface area contributed by atoms with Crippen molar-refractivity contribution in [3.63, 3.8) is 0 Å². The van der Waals surface area contributed by atoms with Crippen molar-refractivity contribution in [1.82, 2.24) is 0 Å². The Labute approximate surface area is 154 Å². The van der Waals surface area contributed by atoms with Gasteiger partial charge in [-0.05, 0) is 48.4 Å². The Morgan fingerprint density at radius 2 is 1.77 bits per heavy atom. The lowest BCUT2D eigenvalue weighted by atomic mass is 10.1. The monoisotopic (exact) mass is 351 g/mol. The molecule has 0 aliphatic carbocycles. The largest absolute Gasteiger partial charge is 0.378 e. The quantitative estimate of drug-likeness (QED) is 0.899. The van der Waals surface area contributed by atoms with Gasteiger partial charge in [0.25, 0.3) is 0 Å². The first-order valence-corrected chi connectivity index (χ1v) is 8.95. The zero-order valence-corrected chi connectivity index (χ0v) is 15.5. The number of carbonyl (C=O) groups excluding carboxylic acids is 2. The van der Waals surface area contributed by atoms with Crippen LogP contribution in [-0.2, 0) is 16.0 Å². The van der Waals surface area contributed by atoms with Gasteiger partial charge in [0.1, 0.15) is 0 Å². The molecule has 1 atom stereocenters. The highest BCUT2D eigenvalue weighted by atomic mass is 16.2. The van der Waals surface area contributed by atoms with E-state index in [9.17, 15) is 9.59 Å². The number of nitrogens with zero attached hydrogens (tertiary/aromatic N) is 2. The molecule has 26 heavy (non-hydrogen) atoms. The van der Waals surface area contributed by atoms with E-state index < -0.39 is 0 Å². The van der Waals surface area contributed by atoms with Crippen LogP contribution in [0.1, 0.15) is 18.9 Å². The molecule has 5 heteroatoms. The van der Waals surface area contributed by atoms with Gasteiger partial charge in [-0.25, -0.2) is 0 Å². The van der Waals surface area contributed by atoms with Crippen LogP contribution in [0.15, 0.2) is 48.5 Å². The van der Waals surface area contributed by atoms with E-state index in [4.69, 9.17) is 0 Å². The first kappa shape index (κ1) is 18.0. The molecule has 0 saturated carbocycles. The van der Waals surface area contributed by atoms with Gasteiger partial charge in [0.15, 0.2) is 0 Å². The SMILES string of the molecule is CCc1ccc(N2CC(C(=O)Nc3ccc(N(C)C)cc3)CC2=O)cc1. The van der Waals surface area contributed by atoms with Crippen molar-refractivity contribution in [2.75, 3.05) is 35.8 Å². The fourth-order valence-electron chi connectivity index (χ4n) is 3.13. The average Bonchev–Trinajstić information content (AvgIpc) is 3.04. The first-order valence-electron chi connectivity index (χ1n) is 8.95. The fraction of sp³-hybridized carbons (Fsp3) is 0.333. The molecule has 0 bridgehead atoms. The van der Waals surface area contributed by atoms with Crippen LogP contribution in [0, 0.1) is 5.92 Å². The molecule has 3 rings (SSSR count). The summed E-state index contributed by atoms with van der Waals surface area (Å²) in [6, 6.07) is 15.6. The molecule has 1 N–H and O–H groups in total. The highest BCUT2D eigenvalue weighted by Crippen LogP contribution is 2.26. The molecule has 1 saturated heterocycles. The van der Waals surface area contributed by atoms with E-state index in [1.54, 1.807) is 4.90 Å². The summed E-state index contributed by atoms with van der Waals surface area (Å²) in [5.74, 6) is -0.442. The van der Waals surface area contributed by atoms with Crippen LogP contribution >= 0.6 is 0 Å². The van der Waals surface area contributed by atoms with Crippen LogP contribution < -0.4 is 15.1 Å². The van der Waals surface area contributed by atoms with Crippen molar-refractivity contribution < 1.29 is 9.59 Å². The third-order valence-electron chi connectivity index (χ3n) is 4.80. The zero-order chi connectivity index (χ0) is 18.7. The van der Waals surface area contributed by atoms with E-state index in [1.165, 1.54) is 5.56 Å². The van der Waals surface area contributed by atoms with E-state index >= 15 is 0 Å². The number of anilines is 3. The van der Waals surface area contributed by atoms with Crippen molar-refractivity contribution in [3.05, 3.63) is 54.1 Å². The molecule has 2 amide bonds. The molecular weight excluding hydrogens is 326 g/mol. The van der Waals surface area contributed by atoms with Crippen LogP contribution in [0.3, 0.4) is 0 Å². The van der Waals surface area contributed by atoms with Gasteiger partial charge in [-0.3, -0.25) is 9.59 Å². The van der Waals surface area contributed by atoms with Gasteiger partial charge in [0, 0.05) is 44.1 Å². The van der Waals surface area contributed by atoms with Gasteiger partial charge in [0.05, 0.1) is 5.92 Å². The predicted octanol–water partition coefficient (Wildman–Crippen LogP) is 3.31. The Bertz CT molecular complexity index is 782. The normalized spacial score (nSPS) is 16.7. The minimum Gasteiger partial charge on any atom is -0.378 e.